The molecule has 0 spiro atoms. The lowest BCUT2D eigenvalue weighted by atomic mass is 10.2. The Kier molecular flexibility index (Phi) is 5.78. The van der Waals surface area contributed by atoms with Crippen LogP contribution in [0, 0.1) is 0 Å². The summed E-state index contributed by atoms with van der Waals surface area (Å²) >= 11 is 13.3. The minimum Gasteiger partial charge on any atom is -0.440 e. The van der Waals surface area contributed by atoms with E-state index in [2.05, 4.69) is 10.3 Å². The molecule has 0 unspecified atom stereocenters. The van der Waals surface area contributed by atoms with Gasteiger partial charge in [0.25, 0.3) is 5.22 Å². The van der Waals surface area contributed by atoms with Crippen LogP contribution < -0.4 is 11.1 Å². The van der Waals surface area contributed by atoms with Crippen LogP contribution >= 0.6 is 35.0 Å². The smallest absolute Gasteiger partial charge is 0.255 e. The fourth-order valence-electron chi connectivity index (χ4n) is 1.60. The number of nitrogens with two attached hydrogens (primary N) is 1. The van der Waals surface area contributed by atoms with E-state index in [1.165, 1.54) is 24.1 Å². The van der Waals surface area contributed by atoms with Crippen LogP contribution in [0.5, 0.6) is 0 Å². The van der Waals surface area contributed by atoms with Gasteiger partial charge in [-0.15, -0.1) is 0 Å². The van der Waals surface area contributed by atoms with E-state index < -0.39 is 0 Å². The van der Waals surface area contributed by atoms with Gasteiger partial charge in [-0.2, -0.15) is 0 Å². The molecule has 1 aromatic carbocycles. The lowest BCUT2D eigenvalue weighted by Gasteiger charge is -2.10. The third-order valence-electron chi connectivity index (χ3n) is 2.53. The molecule has 112 valence electrons. The molecule has 1 aromatic heterocycles. The zero-order valence-corrected chi connectivity index (χ0v) is 13.3. The number of nitrogens with one attached hydrogen (secondary N) is 1. The molecule has 0 fully saturated rings. The fraction of sp³-hybridized carbons (Fsp3) is 0.231. The predicted molar refractivity (Wildman–Crippen MR) is 86.0 cm³/mol. The Morgan fingerprint density at radius 1 is 1.43 bits per heavy atom. The van der Waals surface area contributed by atoms with Crippen LogP contribution in [0.25, 0.3) is 0 Å². The molecule has 5 nitrogen and oxygen atoms in total. The summed E-state index contributed by atoms with van der Waals surface area (Å²) in [5.41, 5.74) is 6.52. The molecule has 0 bridgehead atoms. The Labute approximate surface area is 136 Å². The van der Waals surface area contributed by atoms with Crippen LogP contribution in [0.1, 0.15) is 12.8 Å². The van der Waals surface area contributed by atoms with Gasteiger partial charge in [-0.1, -0.05) is 35.0 Å². The van der Waals surface area contributed by atoms with E-state index in [4.69, 9.17) is 33.4 Å². The third kappa shape index (κ3) is 4.84. The maximum absolute atomic E-state index is 11.9. The molecule has 0 aliphatic rings. The standard InChI is InChI=1S/C13H13Cl2N3O2S/c14-8-6-9(15)12(10(16)7-8)18-11(19)2-1-5-21-13-17-3-4-20-13/h3-4,6-7H,1-2,5,16H2,(H,18,19). The van der Waals surface area contributed by atoms with Gasteiger partial charge in [-0.25, -0.2) is 4.98 Å². The second-order valence-corrected chi connectivity index (χ2v) is 6.04. The quantitative estimate of drug-likeness (QED) is 0.468. The van der Waals surface area contributed by atoms with Gasteiger partial charge in [0.2, 0.25) is 5.91 Å². The molecule has 0 saturated heterocycles. The highest BCUT2D eigenvalue weighted by molar-refractivity contribution is 7.99. The highest BCUT2D eigenvalue weighted by Gasteiger charge is 2.10. The van der Waals surface area contributed by atoms with Gasteiger partial charge in [0.05, 0.1) is 22.6 Å². The maximum Gasteiger partial charge on any atom is 0.255 e. The number of aromatic nitrogens is 1. The maximum atomic E-state index is 11.9. The first-order valence-corrected chi connectivity index (χ1v) is 7.87. The molecule has 0 aliphatic carbocycles. The first kappa shape index (κ1) is 16.0. The molecule has 21 heavy (non-hydrogen) atoms. The van der Waals surface area contributed by atoms with Gasteiger partial charge in [0.1, 0.15) is 6.26 Å². The number of benzene rings is 1. The van der Waals surface area contributed by atoms with Crippen molar-refractivity contribution in [3.63, 3.8) is 0 Å². The second kappa shape index (κ2) is 7.59. The van der Waals surface area contributed by atoms with E-state index in [0.29, 0.717) is 39.5 Å². The number of nitrogen functional groups attached to an aromatic ring is 1. The van der Waals surface area contributed by atoms with E-state index in [9.17, 15) is 4.79 Å². The number of thioether (sulfide) groups is 1. The van der Waals surface area contributed by atoms with E-state index in [0.717, 1.165) is 5.75 Å². The third-order valence-corrected chi connectivity index (χ3v) is 3.99. The number of oxazole rings is 1. The van der Waals surface area contributed by atoms with Crippen molar-refractivity contribution < 1.29 is 9.21 Å². The van der Waals surface area contributed by atoms with Crippen LogP contribution in [0.3, 0.4) is 0 Å². The lowest BCUT2D eigenvalue weighted by Crippen LogP contribution is -2.13. The van der Waals surface area contributed by atoms with E-state index in [1.807, 2.05) is 0 Å². The average Bonchev–Trinajstić information content (AvgIpc) is 2.92. The number of halogens is 2. The molecule has 2 rings (SSSR count). The Hall–Kier alpha value is -1.37. The van der Waals surface area contributed by atoms with Crippen LogP contribution in [0.2, 0.25) is 10.0 Å². The molecule has 0 radical (unpaired) electrons. The zero-order valence-electron chi connectivity index (χ0n) is 10.9. The molecular formula is C13H13Cl2N3O2S. The molecule has 0 aliphatic heterocycles. The number of rotatable bonds is 6. The van der Waals surface area contributed by atoms with Crippen molar-refractivity contribution in [2.75, 3.05) is 16.8 Å². The SMILES string of the molecule is Nc1cc(Cl)cc(Cl)c1NC(=O)CCCSc1ncco1. The molecule has 2 aromatic rings. The summed E-state index contributed by atoms with van der Waals surface area (Å²) in [5.74, 6) is 0.580. The van der Waals surface area contributed by atoms with Gasteiger partial charge in [0, 0.05) is 17.2 Å². The van der Waals surface area contributed by atoms with Crippen molar-refractivity contribution in [3.8, 4) is 0 Å². The molecule has 3 N–H and O–H groups in total. The minimum atomic E-state index is -0.154. The summed E-state index contributed by atoms with van der Waals surface area (Å²) in [6, 6.07) is 3.08. The summed E-state index contributed by atoms with van der Waals surface area (Å²) < 4.78 is 5.08. The topological polar surface area (TPSA) is 81.1 Å². The molecule has 1 heterocycles. The Balaban J connectivity index is 1.79. The molecule has 0 saturated carbocycles. The summed E-state index contributed by atoms with van der Waals surface area (Å²) in [6.07, 6.45) is 4.14. The Bertz CT molecular complexity index is 597. The van der Waals surface area contributed by atoms with Crippen LogP contribution in [-0.2, 0) is 4.79 Å². The van der Waals surface area contributed by atoms with Crippen LogP contribution in [0.4, 0.5) is 11.4 Å². The van der Waals surface area contributed by atoms with Crippen molar-refractivity contribution in [2.45, 2.75) is 18.1 Å². The van der Waals surface area contributed by atoms with Crippen molar-refractivity contribution in [3.05, 3.63) is 34.6 Å². The number of hydrogen-bond acceptors (Lipinski definition) is 5. The van der Waals surface area contributed by atoms with Crippen molar-refractivity contribution in [2.24, 2.45) is 0 Å². The van der Waals surface area contributed by atoms with Crippen molar-refractivity contribution in [1.29, 1.82) is 0 Å². The predicted octanol–water partition coefficient (Wildman–Crippen LogP) is 4.07. The first-order chi connectivity index (χ1) is 10.1. The van der Waals surface area contributed by atoms with Gasteiger partial charge in [-0.05, 0) is 18.6 Å². The zero-order chi connectivity index (χ0) is 15.2. The van der Waals surface area contributed by atoms with E-state index >= 15 is 0 Å². The normalized spacial score (nSPS) is 10.6. The van der Waals surface area contributed by atoms with Gasteiger partial charge in [-0.3, -0.25) is 4.79 Å². The lowest BCUT2D eigenvalue weighted by molar-refractivity contribution is -0.116. The molecule has 1 amide bonds. The number of amides is 1. The van der Waals surface area contributed by atoms with Crippen molar-refractivity contribution >= 4 is 52.2 Å². The summed E-state index contributed by atoms with van der Waals surface area (Å²) in [5, 5.41) is 4.04. The number of carbonyl (C=O) groups excluding carboxylic acids is 1. The van der Waals surface area contributed by atoms with Crippen LogP contribution in [0.15, 0.2) is 34.2 Å². The number of nitrogens with zero attached hydrogens (tertiary/aromatic N) is 1. The van der Waals surface area contributed by atoms with Gasteiger partial charge < -0.3 is 15.5 Å². The van der Waals surface area contributed by atoms with Gasteiger partial charge in [0.15, 0.2) is 0 Å². The number of hydrogen-bond donors (Lipinski definition) is 2. The largest absolute Gasteiger partial charge is 0.440 e. The van der Waals surface area contributed by atoms with Crippen molar-refractivity contribution in [1.82, 2.24) is 4.98 Å². The number of anilines is 2. The summed E-state index contributed by atoms with van der Waals surface area (Å²) in [7, 11) is 0. The average molecular weight is 346 g/mol. The number of carbonyl (C=O) groups is 1. The molecule has 8 heteroatoms. The van der Waals surface area contributed by atoms with E-state index in [1.54, 1.807) is 12.3 Å². The van der Waals surface area contributed by atoms with Crippen LogP contribution in [-0.4, -0.2) is 16.6 Å². The van der Waals surface area contributed by atoms with Gasteiger partial charge >= 0.3 is 0 Å². The minimum absolute atomic E-state index is 0.154. The molecular weight excluding hydrogens is 333 g/mol. The second-order valence-electron chi connectivity index (χ2n) is 4.15. The molecule has 0 atom stereocenters. The summed E-state index contributed by atoms with van der Waals surface area (Å²) in [4.78, 5) is 15.8. The Morgan fingerprint density at radius 3 is 2.90 bits per heavy atom. The fourth-order valence-corrected chi connectivity index (χ4v) is 2.88. The Morgan fingerprint density at radius 2 is 2.24 bits per heavy atom. The summed E-state index contributed by atoms with van der Waals surface area (Å²) in [6.45, 7) is 0. The monoisotopic (exact) mass is 345 g/mol. The highest BCUT2D eigenvalue weighted by Crippen LogP contribution is 2.32. The first-order valence-electron chi connectivity index (χ1n) is 6.13. The van der Waals surface area contributed by atoms with E-state index in [-0.39, 0.29) is 5.91 Å². The highest BCUT2D eigenvalue weighted by atomic mass is 35.5.